The molecule has 24 heavy (non-hydrogen) atoms. The van der Waals surface area contributed by atoms with Crippen molar-refractivity contribution in [1.82, 2.24) is 10.5 Å². The van der Waals surface area contributed by atoms with Gasteiger partial charge in [-0.15, -0.1) is 0 Å². The van der Waals surface area contributed by atoms with Crippen molar-refractivity contribution in [2.45, 2.75) is 6.54 Å². The third-order valence-corrected chi connectivity index (χ3v) is 3.85. The molecule has 0 aliphatic rings. The third-order valence-electron chi connectivity index (χ3n) is 3.30. The van der Waals surface area contributed by atoms with E-state index in [0.29, 0.717) is 27.6 Å². The molecule has 0 saturated heterocycles. The van der Waals surface area contributed by atoms with Crippen LogP contribution in [0, 0.1) is 5.82 Å². The Labute approximate surface area is 147 Å². The molecular weight excluding hydrogens is 354 g/mol. The zero-order chi connectivity index (χ0) is 17.1. The van der Waals surface area contributed by atoms with Gasteiger partial charge in [0.25, 0.3) is 5.91 Å². The Kier molecular flexibility index (Phi) is 4.83. The van der Waals surface area contributed by atoms with Gasteiger partial charge in [-0.3, -0.25) is 4.79 Å². The summed E-state index contributed by atoms with van der Waals surface area (Å²) in [5, 5.41) is 7.20. The number of aromatic nitrogens is 1. The molecular formula is C17H11Cl2FN2O2. The van der Waals surface area contributed by atoms with Gasteiger partial charge in [0, 0.05) is 11.1 Å². The van der Waals surface area contributed by atoms with Crippen molar-refractivity contribution >= 4 is 29.1 Å². The van der Waals surface area contributed by atoms with E-state index in [4.69, 9.17) is 27.7 Å². The molecule has 4 nitrogen and oxygen atoms in total. The first-order chi connectivity index (χ1) is 11.5. The summed E-state index contributed by atoms with van der Waals surface area (Å²) in [6, 6.07) is 12.4. The molecule has 0 aliphatic carbocycles. The lowest BCUT2D eigenvalue weighted by atomic mass is 10.1. The molecule has 1 heterocycles. The monoisotopic (exact) mass is 364 g/mol. The van der Waals surface area contributed by atoms with Crippen LogP contribution in [-0.4, -0.2) is 11.1 Å². The highest BCUT2D eigenvalue weighted by Gasteiger charge is 2.13. The first-order valence-electron chi connectivity index (χ1n) is 6.98. The normalized spacial score (nSPS) is 10.6. The topological polar surface area (TPSA) is 55.1 Å². The van der Waals surface area contributed by atoms with E-state index < -0.39 is 5.82 Å². The van der Waals surface area contributed by atoms with Gasteiger partial charge in [0.1, 0.15) is 11.5 Å². The van der Waals surface area contributed by atoms with E-state index in [1.807, 2.05) is 0 Å². The summed E-state index contributed by atoms with van der Waals surface area (Å²) in [7, 11) is 0. The predicted molar refractivity (Wildman–Crippen MR) is 89.5 cm³/mol. The van der Waals surface area contributed by atoms with Gasteiger partial charge in [0.05, 0.1) is 22.7 Å². The van der Waals surface area contributed by atoms with Gasteiger partial charge in [-0.25, -0.2) is 4.39 Å². The maximum atomic E-state index is 13.7. The van der Waals surface area contributed by atoms with Gasteiger partial charge in [-0.05, 0) is 30.3 Å². The number of hydrogen-bond acceptors (Lipinski definition) is 3. The Hall–Kier alpha value is -2.37. The summed E-state index contributed by atoms with van der Waals surface area (Å²) >= 11 is 11.8. The molecule has 0 aliphatic heterocycles. The Morgan fingerprint density at radius 3 is 2.71 bits per heavy atom. The van der Waals surface area contributed by atoms with Gasteiger partial charge in [-0.2, -0.15) is 0 Å². The smallest absolute Gasteiger partial charge is 0.253 e. The summed E-state index contributed by atoms with van der Waals surface area (Å²) in [5.41, 5.74) is 1.08. The predicted octanol–water partition coefficient (Wildman–Crippen LogP) is 4.72. The molecule has 1 aromatic heterocycles. The third kappa shape index (κ3) is 3.58. The summed E-state index contributed by atoms with van der Waals surface area (Å²) in [6.07, 6.45) is 0. The molecule has 3 aromatic rings. The molecule has 0 bridgehead atoms. The van der Waals surface area contributed by atoms with Gasteiger partial charge in [0.2, 0.25) is 0 Å². The number of benzene rings is 2. The number of carbonyl (C=O) groups is 1. The summed E-state index contributed by atoms with van der Waals surface area (Å²) < 4.78 is 18.8. The van der Waals surface area contributed by atoms with Crippen molar-refractivity contribution < 1.29 is 13.7 Å². The molecule has 7 heteroatoms. The van der Waals surface area contributed by atoms with Crippen LogP contribution in [0.4, 0.5) is 4.39 Å². The molecule has 0 fully saturated rings. The lowest BCUT2D eigenvalue weighted by molar-refractivity contribution is 0.0950. The van der Waals surface area contributed by atoms with Crippen LogP contribution in [0.25, 0.3) is 11.3 Å². The van der Waals surface area contributed by atoms with E-state index >= 15 is 0 Å². The molecule has 2 aromatic carbocycles. The molecule has 1 amide bonds. The van der Waals surface area contributed by atoms with Crippen LogP contribution in [-0.2, 0) is 6.54 Å². The SMILES string of the molecule is O=C(NCc1cc(-c2ccccc2F)on1)c1ccc(Cl)cc1Cl. The largest absolute Gasteiger partial charge is 0.356 e. The van der Waals surface area contributed by atoms with Crippen LogP contribution < -0.4 is 5.32 Å². The van der Waals surface area contributed by atoms with Gasteiger partial charge in [-0.1, -0.05) is 40.5 Å². The number of nitrogens with zero attached hydrogens (tertiary/aromatic N) is 1. The Morgan fingerprint density at radius 1 is 1.17 bits per heavy atom. The second-order valence-electron chi connectivity index (χ2n) is 4.97. The number of halogens is 3. The van der Waals surface area contributed by atoms with Gasteiger partial charge in [0.15, 0.2) is 5.76 Å². The molecule has 0 saturated carbocycles. The van der Waals surface area contributed by atoms with Crippen LogP contribution in [0.15, 0.2) is 53.1 Å². The quantitative estimate of drug-likeness (QED) is 0.728. The number of amides is 1. The van der Waals surface area contributed by atoms with E-state index in [1.165, 1.54) is 18.2 Å². The van der Waals surface area contributed by atoms with E-state index in [0.717, 1.165) is 0 Å². The van der Waals surface area contributed by atoms with E-state index in [-0.39, 0.29) is 17.5 Å². The number of carbonyl (C=O) groups excluding carboxylic acids is 1. The van der Waals surface area contributed by atoms with Crippen molar-refractivity contribution in [3.8, 4) is 11.3 Å². The fourth-order valence-corrected chi connectivity index (χ4v) is 2.62. The highest BCUT2D eigenvalue weighted by atomic mass is 35.5. The number of rotatable bonds is 4. The molecule has 0 atom stereocenters. The zero-order valence-corrected chi connectivity index (χ0v) is 13.7. The standard InChI is InChI=1S/C17H11Cl2FN2O2/c18-10-5-6-12(14(19)7-10)17(23)21-9-11-8-16(24-22-11)13-3-1-2-4-15(13)20/h1-8H,9H2,(H,21,23). The van der Waals surface area contributed by atoms with Crippen molar-refractivity contribution in [1.29, 1.82) is 0 Å². The lowest BCUT2D eigenvalue weighted by Gasteiger charge is -2.05. The van der Waals surface area contributed by atoms with E-state index in [2.05, 4.69) is 10.5 Å². The van der Waals surface area contributed by atoms with Crippen LogP contribution >= 0.6 is 23.2 Å². The first kappa shape index (κ1) is 16.5. The molecule has 1 N–H and O–H groups in total. The number of nitrogens with one attached hydrogen (secondary N) is 1. The van der Waals surface area contributed by atoms with Crippen molar-refractivity contribution in [3.05, 3.63) is 75.7 Å². The fourth-order valence-electron chi connectivity index (χ4n) is 2.12. The molecule has 0 radical (unpaired) electrons. The van der Waals surface area contributed by atoms with E-state index in [1.54, 1.807) is 30.3 Å². The Bertz CT molecular complexity index is 896. The molecule has 0 unspecified atom stereocenters. The van der Waals surface area contributed by atoms with Crippen LogP contribution in [0.2, 0.25) is 10.0 Å². The highest BCUT2D eigenvalue weighted by molar-refractivity contribution is 6.36. The fraction of sp³-hybridized carbons (Fsp3) is 0.0588. The maximum Gasteiger partial charge on any atom is 0.253 e. The van der Waals surface area contributed by atoms with Crippen LogP contribution in [0.5, 0.6) is 0 Å². The summed E-state index contributed by atoms with van der Waals surface area (Å²) in [6.45, 7) is 0.121. The van der Waals surface area contributed by atoms with Gasteiger partial charge >= 0.3 is 0 Å². The Morgan fingerprint density at radius 2 is 1.96 bits per heavy atom. The summed E-state index contributed by atoms with van der Waals surface area (Å²) in [4.78, 5) is 12.1. The van der Waals surface area contributed by atoms with Crippen molar-refractivity contribution in [3.63, 3.8) is 0 Å². The lowest BCUT2D eigenvalue weighted by Crippen LogP contribution is -2.23. The second kappa shape index (κ2) is 7.03. The minimum atomic E-state index is -0.405. The molecule has 3 rings (SSSR count). The average Bonchev–Trinajstić information content (AvgIpc) is 3.02. The minimum absolute atomic E-state index is 0.121. The van der Waals surface area contributed by atoms with Crippen molar-refractivity contribution in [2.24, 2.45) is 0 Å². The maximum absolute atomic E-state index is 13.7. The second-order valence-corrected chi connectivity index (χ2v) is 5.81. The molecule has 122 valence electrons. The minimum Gasteiger partial charge on any atom is -0.356 e. The first-order valence-corrected chi connectivity index (χ1v) is 7.74. The summed E-state index contributed by atoms with van der Waals surface area (Å²) in [5.74, 6) is -0.480. The highest BCUT2D eigenvalue weighted by Crippen LogP contribution is 2.23. The van der Waals surface area contributed by atoms with Crippen LogP contribution in [0.3, 0.4) is 0 Å². The number of hydrogen-bond donors (Lipinski definition) is 1. The Balaban J connectivity index is 1.69. The zero-order valence-electron chi connectivity index (χ0n) is 12.2. The van der Waals surface area contributed by atoms with E-state index in [9.17, 15) is 9.18 Å². The van der Waals surface area contributed by atoms with Gasteiger partial charge < -0.3 is 9.84 Å². The van der Waals surface area contributed by atoms with Crippen LogP contribution in [0.1, 0.15) is 16.1 Å². The molecule has 0 spiro atoms. The average molecular weight is 365 g/mol. The van der Waals surface area contributed by atoms with Crippen molar-refractivity contribution in [2.75, 3.05) is 0 Å².